The molecule has 0 fully saturated rings. The number of hydrogen-bond donors (Lipinski definition) is 0. The standard InChI is InChI=1S/C10H11BrO2/c1-13-10(12)9(11)7-8-5-3-2-4-6-8/h2-6,9H,7H2,1H3/t9-/m0/s1. The molecule has 0 radical (unpaired) electrons. The number of esters is 1. The average molecular weight is 243 g/mol. The molecule has 0 heterocycles. The third-order valence-corrected chi connectivity index (χ3v) is 2.41. The van der Waals surface area contributed by atoms with E-state index in [4.69, 9.17) is 0 Å². The van der Waals surface area contributed by atoms with Crippen LogP contribution in [0, 0.1) is 0 Å². The predicted octanol–water partition coefficient (Wildman–Crippen LogP) is 2.17. The van der Waals surface area contributed by atoms with Gasteiger partial charge in [-0.1, -0.05) is 46.3 Å². The lowest BCUT2D eigenvalue weighted by Gasteiger charge is -2.06. The van der Waals surface area contributed by atoms with Gasteiger partial charge in [0.1, 0.15) is 4.83 Å². The van der Waals surface area contributed by atoms with Crippen LogP contribution in [0.1, 0.15) is 5.56 Å². The lowest BCUT2D eigenvalue weighted by Crippen LogP contribution is -2.17. The Kier molecular flexibility index (Phi) is 3.96. The Hall–Kier alpha value is -0.830. The second-order valence-electron chi connectivity index (χ2n) is 2.68. The molecule has 3 heteroatoms. The third-order valence-electron chi connectivity index (χ3n) is 1.71. The number of carbonyl (C=O) groups is 1. The zero-order valence-electron chi connectivity index (χ0n) is 7.37. The Bertz CT molecular complexity index is 272. The van der Waals surface area contributed by atoms with Gasteiger partial charge in [-0.3, -0.25) is 4.79 Å². The Morgan fingerprint density at radius 2 is 2.08 bits per heavy atom. The number of alkyl halides is 1. The number of hydrogen-bond acceptors (Lipinski definition) is 2. The summed E-state index contributed by atoms with van der Waals surface area (Å²) in [5.41, 5.74) is 1.12. The summed E-state index contributed by atoms with van der Waals surface area (Å²) in [6, 6.07) is 9.82. The number of rotatable bonds is 3. The predicted molar refractivity (Wildman–Crippen MR) is 54.9 cm³/mol. The van der Waals surface area contributed by atoms with Crippen molar-refractivity contribution >= 4 is 21.9 Å². The maximum Gasteiger partial charge on any atom is 0.319 e. The van der Waals surface area contributed by atoms with Crippen molar-refractivity contribution in [3.63, 3.8) is 0 Å². The van der Waals surface area contributed by atoms with Crippen LogP contribution in [0.3, 0.4) is 0 Å². The molecular formula is C10H11BrO2. The Morgan fingerprint density at radius 1 is 1.46 bits per heavy atom. The van der Waals surface area contributed by atoms with Crippen LogP contribution >= 0.6 is 15.9 Å². The maximum absolute atomic E-state index is 11.0. The summed E-state index contributed by atoms with van der Waals surface area (Å²) in [5.74, 6) is -0.233. The first-order valence-corrected chi connectivity index (χ1v) is 4.91. The molecule has 0 aliphatic rings. The van der Waals surface area contributed by atoms with E-state index in [1.54, 1.807) is 0 Å². The molecule has 0 saturated carbocycles. The number of ether oxygens (including phenoxy) is 1. The first-order valence-electron chi connectivity index (χ1n) is 4.00. The molecule has 0 spiro atoms. The molecule has 0 N–H and O–H groups in total. The second kappa shape index (κ2) is 5.02. The first-order chi connectivity index (χ1) is 6.24. The quantitative estimate of drug-likeness (QED) is 0.600. The van der Waals surface area contributed by atoms with Crippen molar-refractivity contribution in [1.29, 1.82) is 0 Å². The van der Waals surface area contributed by atoms with Gasteiger partial charge in [0.2, 0.25) is 0 Å². The van der Waals surface area contributed by atoms with Gasteiger partial charge in [0.05, 0.1) is 7.11 Å². The van der Waals surface area contributed by atoms with Crippen LogP contribution in [0.15, 0.2) is 30.3 Å². The van der Waals surface area contributed by atoms with Gasteiger partial charge in [-0.25, -0.2) is 0 Å². The summed E-state index contributed by atoms with van der Waals surface area (Å²) < 4.78 is 4.60. The number of benzene rings is 1. The molecule has 0 unspecified atom stereocenters. The topological polar surface area (TPSA) is 26.3 Å². The lowest BCUT2D eigenvalue weighted by molar-refractivity contribution is -0.139. The van der Waals surface area contributed by atoms with Crippen LogP contribution in [0.25, 0.3) is 0 Å². The molecular weight excluding hydrogens is 232 g/mol. The van der Waals surface area contributed by atoms with Crippen LogP contribution in [0.4, 0.5) is 0 Å². The van der Waals surface area contributed by atoms with Gasteiger partial charge >= 0.3 is 5.97 Å². The van der Waals surface area contributed by atoms with Crippen molar-refractivity contribution in [3.05, 3.63) is 35.9 Å². The molecule has 2 nitrogen and oxygen atoms in total. The van der Waals surface area contributed by atoms with Gasteiger partial charge in [0.25, 0.3) is 0 Å². The minimum Gasteiger partial charge on any atom is -0.468 e. The molecule has 0 bridgehead atoms. The molecule has 13 heavy (non-hydrogen) atoms. The van der Waals surface area contributed by atoms with E-state index in [2.05, 4.69) is 20.7 Å². The summed E-state index contributed by atoms with van der Waals surface area (Å²) >= 11 is 3.27. The molecule has 0 amide bonds. The monoisotopic (exact) mass is 242 g/mol. The highest BCUT2D eigenvalue weighted by atomic mass is 79.9. The van der Waals surface area contributed by atoms with E-state index in [9.17, 15) is 4.79 Å². The highest BCUT2D eigenvalue weighted by Gasteiger charge is 2.14. The SMILES string of the molecule is COC(=O)[C@@H](Br)Cc1ccccc1. The second-order valence-corrected chi connectivity index (χ2v) is 3.79. The Labute approximate surface area is 86.0 Å². The highest BCUT2D eigenvalue weighted by Crippen LogP contribution is 2.10. The van der Waals surface area contributed by atoms with Crippen molar-refractivity contribution in [2.45, 2.75) is 11.2 Å². The first kappa shape index (κ1) is 10.3. The van der Waals surface area contributed by atoms with Gasteiger partial charge in [-0.05, 0) is 12.0 Å². The summed E-state index contributed by atoms with van der Waals surface area (Å²) in [5, 5.41) is 0. The minimum absolute atomic E-state index is 0.233. The molecule has 1 aromatic rings. The average Bonchev–Trinajstić information content (AvgIpc) is 2.18. The lowest BCUT2D eigenvalue weighted by atomic mass is 10.1. The van der Waals surface area contributed by atoms with Crippen molar-refractivity contribution in [2.75, 3.05) is 7.11 Å². The molecule has 0 saturated heterocycles. The summed E-state index contributed by atoms with van der Waals surface area (Å²) in [7, 11) is 1.39. The molecule has 70 valence electrons. The van der Waals surface area contributed by atoms with Crippen LogP contribution in [-0.2, 0) is 16.0 Å². The molecule has 0 aliphatic carbocycles. The normalized spacial score (nSPS) is 12.2. The number of methoxy groups -OCH3 is 1. The minimum atomic E-state index is -0.250. The third kappa shape index (κ3) is 3.19. The zero-order valence-corrected chi connectivity index (χ0v) is 8.95. The molecule has 0 aliphatic heterocycles. The smallest absolute Gasteiger partial charge is 0.319 e. The fourth-order valence-corrected chi connectivity index (χ4v) is 1.59. The van der Waals surface area contributed by atoms with Gasteiger partial charge in [0, 0.05) is 0 Å². The highest BCUT2D eigenvalue weighted by molar-refractivity contribution is 9.10. The van der Waals surface area contributed by atoms with Crippen LogP contribution in [-0.4, -0.2) is 17.9 Å². The summed E-state index contributed by atoms with van der Waals surface area (Å²) in [6.45, 7) is 0. The molecule has 1 aromatic carbocycles. The van der Waals surface area contributed by atoms with E-state index >= 15 is 0 Å². The number of carbonyl (C=O) groups excluding carboxylic acids is 1. The zero-order chi connectivity index (χ0) is 9.68. The molecule has 1 atom stereocenters. The van der Waals surface area contributed by atoms with Crippen LogP contribution < -0.4 is 0 Å². The fourth-order valence-electron chi connectivity index (χ4n) is 1.03. The van der Waals surface area contributed by atoms with E-state index in [-0.39, 0.29) is 10.8 Å². The van der Waals surface area contributed by atoms with Gasteiger partial charge in [-0.15, -0.1) is 0 Å². The van der Waals surface area contributed by atoms with Crippen molar-refractivity contribution in [1.82, 2.24) is 0 Å². The van der Waals surface area contributed by atoms with E-state index in [1.165, 1.54) is 7.11 Å². The van der Waals surface area contributed by atoms with Crippen molar-refractivity contribution < 1.29 is 9.53 Å². The fraction of sp³-hybridized carbons (Fsp3) is 0.300. The summed E-state index contributed by atoms with van der Waals surface area (Å²) in [6.07, 6.45) is 0.660. The van der Waals surface area contributed by atoms with E-state index < -0.39 is 0 Å². The van der Waals surface area contributed by atoms with Gasteiger partial charge in [0.15, 0.2) is 0 Å². The van der Waals surface area contributed by atoms with Gasteiger partial charge in [-0.2, -0.15) is 0 Å². The Morgan fingerprint density at radius 3 is 2.62 bits per heavy atom. The summed E-state index contributed by atoms with van der Waals surface area (Å²) in [4.78, 5) is 10.8. The molecule has 1 rings (SSSR count). The van der Waals surface area contributed by atoms with E-state index in [0.717, 1.165) is 5.56 Å². The maximum atomic E-state index is 11.0. The van der Waals surface area contributed by atoms with Crippen molar-refractivity contribution in [3.8, 4) is 0 Å². The van der Waals surface area contributed by atoms with Gasteiger partial charge < -0.3 is 4.74 Å². The van der Waals surface area contributed by atoms with E-state index in [1.807, 2.05) is 30.3 Å². The number of halogens is 1. The van der Waals surface area contributed by atoms with E-state index in [0.29, 0.717) is 6.42 Å². The molecule has 0 aromatic heterocycles. The Balaban J connectivity index is 2.55. The van der Waals surface area contributed by atoms with Crippen LogP contribution in [0.5, 0.6) is 0 Å². The van der Waals surface area contributed by atoms with Crippen LogP contribution in [0.2, 0.25) is 0 Å². The van der Waals surface area contributed by atoms with Crippen molar-refractivity contribution in [2.24, 2.45) is 0 Å². The largest absolute Gasteiger partial charge is 0.468 e.